The zero-order valence-corrected chi connectivity index (χ0v) is 8.76. The van der Waals surface area contributed by atoms with Crippen molar-refractivity contribution < 1.29 is 9.50 Å². The van der Waals surface area contributed by atoms with Gasteiger partial charge in [0.05, 0.1) is 0 Å². The van der Waals surface area contributed by atoms with Crippen molar-refractivity contribution in [2.24, 2.45) is 0 Å². The van der Waals surface area contributed by atoms with Gasteiger partial charge in [0.25, 0.3) is 0 Å². The van der Waals surface area contributed by atoms with Crippen molar-refractivity contribution in [2.75, 3.05) is 0 Å². The van der Waals surface area contributed by atoms with Crippen LogP contribution in [0.15, 0.2) is 24.8 Å². The number of hydrogen-bond acceptors (Lipinski definition) is 1. The molecule has 1 N–H and O–H groups in total. The van der Waals surface area contributed by atoms with Crippen molar-refractivity contribution in [3.05, 3.63) is 35.9 Å². The maximum absolute atomic E-state index is 13.6. The van der Waals surface area contributed by atoms with Crippen LogP contribution in [0.4, 0.5) is 4.39 Å². The number of rotatable bonds is 2. The summed E-state index contributed by atoms with van der Waals surface area (Å²) in [6.07, 6.45) is 0. The van der Waals surface area contributed by atoms with Crippen molar-refractivity contribution in [3.63, 3.8) is 0 Å². The highest BCUT2D eigenvalue weighted by molar-refractivity contribution is 5.67. The Morgan fingerprint density at radius 1 is 1.43 bits per heavy atom. The van der Waals surface area contributed by atoms with Crippen LogP contribution in [0.2, 0.25) is 0 Å². The number of aromatic hydroxyl groups is 1. The van der Waals surface area contributed by atoms with Crippen LogP contribution in [0.3, 0.4) is 0 Å². The van der Waals surface area contributed by atoms with E-state index in [-0.39, 0.29) is 5.75 Å². The van der Waals surface area contributed by atoms with Crippen LogP contribution in [0.5, 0.6) is 5.75 Å². The molecule has 0 amide bonds. The molecule has 0 aliphatic carbocycles. The second-order valence-electron chi connectivity index (χ2n) is 3.98. The van der Waals surface area contributed by atoms with E-state index in [2.05, 4.69) is 6.58 Å². The molecule has 0 spiro atoms. The molecule has 2 heteroatoms. The van der Waals surface area contributed by atoms with Gasteiger partial charge in [-0.15, -0.1) is 0 Å². The lowest BCUT2D eigenvalue weighted by Gasteiger charge is -2.16. The van der Waals surface area contributed by atoms with Gasteiger partial charge in [-0.25, -0.2) is 4.39 Å². The van der Waals surface area contributed by atoms with Crippen LogP contribution in [0, 0.1) is 0 Å². The third kappa shape index (κ3) is 2.13. The van der Waals surface area contributed by atoms with Gasteiger partial charge >= 0.3 is 0 Å². The smallest absolute Gasteiger partial charge is 0.130 e. The Hall–Kier alpha value is -1.31. The van der Waals surface area contributed by atoms with Crippen LogP contribution in [-0.2, 0) is 5.67 Å². The van der Waals surface area contributed by atoms with E-state index in [0.717, 1.165) is 5.57 Å². The summed E-state index contributed by atoms with van der Waals surface area (Å²) in [6.45, 7) is 8.48. The zero-order chi connectivity index (χ0) is 10.9. The second kappa shape index (κ2) is 3.45. The molecule has 1 aromatic carbocycles. The lowest BCUT2D eigenvalue weighted by atomic mass is 9.95. The molecular weight excluding hydrogens is 179 g/mol. The Kier molecular flexibility index (Phi) is 2.65. The van der Waals surface area contributed by atoms with E-state index in [9.17, 15) is 9.50 Å². The largest absolute Gasteiger partial charge is 0.507 e. The molecule has 1 nitrogen and oxygen atoms in total. The minimum absolute atomic E-state index is 0.144. The van der Waals surface area contributed by atoms with Gasteiger partial charge in [0, 0.05) is 5.56 Å². The van der Waals surface area contributed by atoms with Crippen LogP contribution in [-0.4, -0.2) is 5.11 Å². The first-order valence-electron chi connectivity index (χ1n) is 4.50. The SMILES string of the molecule is C=C(C)c1cc(C(C)(C)F)ccc1O. The fourth-order valence-corrected chi connectivity index (χ4v) is 1.25. The highest BCUT2D eigenvalue weighted by Gasteiger charge is 2.19. The van der Waals surface area contributed by atoms with Crippen LogP contribution in [0.25, 0.3) is 5.57 Å². The van der Waals surface area contributed by atoms with Gasteiger partial charge < -0.3 is 5.11 Å². The van der Waals surface area contributed by atoms with Crippen molar-refractivity contribution >= 4 is 5.57 Å². The number of halogens is 1. The highest BCUT2D eigenvalue weighted by Crippen LogP contribution is 2.31. The molecule has 0 heterocycles. The number of allylic oxidation sites excluding steroid dienone is 1. The summed E-state index contributed by atoms with van der Waals surface area (Å²) in [5.74, 6) is 0.144. The Morgan fingerprint density at radius 3 is 2.43 bits per heavy atom. The second-order valence-corrected chi connectivity index (χ2v) is 3.98. The van der Waals surface area contributed by atoms with E-state index < -0.39 is 5.67 Å². The lowest BCUT2D eigenvalue weighted by Crippen LogP contribution is -2.09. The summed E-state index contributed by atoms with van der Waals surface area (Å²) in [5, 5.41) is 9.49. The molecule has 1 aromatic rings. The minimum atomic E-state index is -1.39. The fraction of sp³-hybridized carbons (Fsp3) is 0.333. The Balaban J connectivity index is 3.27. The molecule has 0 bridgehead atoms. The first-order chi connectivity index (χ1) is 6.32. The molecule has 0 fully saturated rings. The van der Waals surface area contributed by atoms with Crippen molar-refractivity contribution in [3.8, 4) is 5.75 Å². The number of phenols is 1. The fourth-order valence-electron chi connectivity index (χ4n) is 1.25. The third-order valence-electron chi connectivity index (χ3n) is 2.14. The molecule has 0 aromatic heterocycles. The molecule has 1 rings (SSSR count). The van der Waals surface area contributed by atoms with Crippen molar-refractivity contribution in [1.29, 1.82) is 0 Å². The van der Waals surface area contributed by atoms with Crippen molar-refractivity contribution in [2.45, 2.75) is 26.4 Å². The summed E-state index contributed by atoms with van der Waals surface area (Å²) in [5.41, 5.74) is 0.493. The summed E-state index contributed by atoms with van der Waals surface area (Å²) < 4.78 is 13.6. The maximum Gasteiger partial charge on any atom is 0.130 e. The number of alkyl halides is 1. The van der Waals surface area contributed by atoms with Gasteiger partial charge in [-0.05, 0) is 44.0 Å². The normalized spacial score (nSPS) is 11.4. The first-order valence-corrected chi connectivity index (χ1v) is 4.50. The third-order valence-corrected chi connectivity index (χ3v) is 2.14. The summed E-state index contributed by atoms with van der Waals surface area (Å²) in [4.78, 5) is 0. The molecule has 0 saturated carbocycles. The number of benzene rings is 1. The van der Waals surface area contributed by atoms with E-state index in [1.165, 1.54) is 19.9 Å². The Labute approximate surface area is 83.9 Å². The van der Waals surface area contributed by atoms with Crippen LogP contribution >= 0.6 is 0 Å². The molecule has 0 radical (unpaired) electrons. The molecule has 0 unspecified atom stereocenters. The Bertz CT molecular complexity index is 361. The lowest BCUT2D eigenvalue weighted by molar-refractivity contribution is 0.221. The summed E-state index contributed by atoms with van der Waals surface area (Å²) in [6, 6.07) is 4.72. The Morgan fingerprint density at radius 2 is 2.00 bits per heavy atom. The molecule has 0 saturated heterocycles. The molecule has 76 valence electrons. The molecule has 14 heavy (non-hydrogen) atoms. The quantitative estimate of drug-likeness (QED) is 0.762. The predicted molar refractivity (Wildman–Crippen MR) is 56.9 cm³/mol. The monoisotopic (exact) mass is 194 g/mol. The van der Waals surface area contributed by atoms with Gasteiger partial charge in [-0.3, -0.25) is 0 Å². The maximum atomic E-state index is 13.6. The van der Waals surface area contributed by atoms with Gasteiger partial charge in [0.2, 0.25) is 0 Å². The van der Waals surface area contributed by atoms with Crippen molar-refractivity contribution in [1.82, 2.24) is 0 Å². The van der Waals surface area contributed by atoms with E-state index >= 15 is 0 Å². The zero-order valence-electron chi connectivity index (χ0n) is 8.76. The van der Waals surface area contributed by atoms with Gasteiger partial charge in [-0.1, -0.05) is 12.6 Å². The van der Waals surface area contributed by atoms with Crippen LogP contribution in [0.1, 0.15) is 31.9 Å². The van der Waals surface area contributed by atoms with Gasteiger partial charge in [0.15, 0.2) is 0 Å². The molecule has 0 aliphatic heterocycles. The summed E-state index contributed by atoms with van der Waals surface area (Å²) >= 11 is 0. The highest BCUT2D eigenvalue weighted by atomic mass is 19.1. The number of hydrogen-bond donors (Lipinski definition) is 1. The van der Waals surface area contributed by atoms with E-state index in [0.29, 0.717) is 11.1 Å². The summed E-state index contributed by atoms with van der Waals surface area (Å²) in [7, 11) is 0. The standard InChI is InChI=1S/C12H15FO/c1-8(2)10-7-9(12(3,4)13)5-6-11(10)14/h5-7,14H,1H2,2-4H3. The average molecular weight is 194 g/mol. The number of phenolic OH excluding ortho intramolecular Hbond substituents is 1. The predicted octanol–water partition coefficient (Wildman–Crippen LogP) is 3.63. The molecule has 0 atom stereocenters. The van der Waals surface area contributed by atoms with Gasteiger partial charge in [-0.2, -0.15) is 0 Å². The first kappa shape index (κ1) is 10.8. The molecular formula is C12H15FO. The van der Waals surface area contributed by atoms with E-state index in [1.54, 1.807) is 19.1 Å². The van der Waals surface area contributed by atoms with E-state index in [4.69, 9.17) is 0 Å². The average Bonchev–Trinajstić information content (AvgIpc) is 2.02. The minimum Gasteiger partial charge on any atom is -0.507 e. The van der Waals surface area contributed by atoms with E-state index in [1.807, 2.05) is 0 Å². The van der Waals surface area contributed by atoms with Crippen LogP contribution < -0.4 is 0 Å². The molecule has 0 aliphatic rings. The van der Waals surface area contributed by atoms with Gasteiger partial charge in [0.1, 0.15) is 11.4 Å². The topological polar surface area (TPSA) is 20.2 Å².